The molecule has 0 radical (unpaired) electrons. The average molecular weight is 376 g/mol. The van der Waals surface area contributed by atoms with Crippen LogP contribution in [0.2, 0.25) is 0 Å². The number of β-amino-alcohol motifs (C(OH)–C–C–N with tert-alkyl or cyclic N) is 1. The van der Waals surface area contributed by atoms with Crippen molar-refractivity contribution in [3.8, 4) is 0 Å². The smallest absolute Gasteiger partial charge is 0.240 e. The molecule has 0 aromatic heterocycles. The van der Waals surface area contributed by atoms with E-state index in [1.165, 1.54) is 7.11 Å². The molecule has 4 N–H and O–H groups in total. The third kappa shape index (κ3) is 3.48. The number of rotatable bonds is 4. The molecule has 150 valence electrons. The van der Waals surface area contributed by atoms with Gasteiger partial charge in [-0.05, 0) is 20.9 Å². The number of likely N-dealkylation sites (N-methyl/N-ethyl adjacent to an activating group) is 1. The van der Waals surface area contributed by atoms with Crippen molar-refractivity contribution in [1.29, 1.82) is 0 Å². The van der Waals surface area contributed by atoms with E-state index in [0.29, 0.717) is 0 Å². The van der Waals surface area contributed by atoms with E-state index in [9.17, 15) is 20.1 Å². The third-order valence-corrected chi connectivity index (χ3v) is 5.15. The van der Waals surface area contributed by atoms with Crippen molar-refractivity contribution in [2.75, 3.05) is 27.3 Å². The molecule has 3 heterocycles. The van der Waals surface area contributed by atoms with Crippen molar-refractivity contribution >= 4 is 5.91 Å². The summed E-state index contributed by atoms with van der Waals surface area (Å²) in [6, 6.07) is -1.79. The van der Waals surface area contributed by atoms with Gasteiger partial charge in [-0.3, -0.25) is 9.69 Å². The Morgan fingerprint density at radius 1 is 1.38 bits per heavy atom. The highest BCUT2D eigenvalue weighted by atomic mass is 16.8. The van der Waals surface area contributed by atoms with E-state index >= 15 is 0 Å². The lowest BCUT2D eigenvalue weighted by atomic mass is 9.98. The molecule has 0 saturated carbocycles. The van der Waals surface area contributed by atoms with E-state index in [1.54, 1.807) is 25.8 Å². The zero-order valence-corrected chi connectivity index (χ0v) is 15.4. The van der Waals surface area contributed by atoms with E-state index in [0.717, 1.165) is 0 Å². The minimum Gasteiger partial charge on any atom is -0.394 e. The van der Waals surface area contributed by atoms with Crippen LogP contribution in [0.4, 0.5) is 0 Å². The number of ether oxygens (including phenoxy) is 4. The second-order valence-corrected chi connectivity index (χ2v) is 7.51. The maximum Gasteiger partial charge on any atom is 0.240 e. The molecule has 0 aromatic carbocycles. The fourth-order valence-corrected chi connectivity index (χ4v) is 3.92. The van der Waals surface area contributed by atoms with E-state index in [-0.39, 0.29) is 6.54 Å². The molecule has 0 bridgehead atoms. The minimum atomic E-state index is -1.25. The van der Waals surface area contributed by atoms with Gasteiger partial charge >= 0.3 is 0 Å². The molecule has 8 atom stereocenters. The van der Waals surface area contributed by atoms with Gasteiger partial charge in [0, 0.05) is 13.7 Å². The van der Waals surface area contributed by atoms with E-state index in [4.69, 9.17) is 18.9 Å². The number of nitrogens with one attached hydrogen (secondary N) is 1. The molecular formula is C16H28N2O8. The highest BCUT2D eigenvalue weighted by Gasteiger charge is 2.59. The summed E-state index contributed by atoms with van der Waals surface area (Å²) in [6.45, 7) is 3.22. The maximum absolute atomic E-state index is 12.6. The van der Waals surface area contributed by atoms with Gasteiger partial charge in [-0.25, -0.2) is 0 Å². The van der Waals surface area contributed by atoms with Crippen LogP contribution in [0.3, 0.4) is 0 Å². The maximum atomic E-state index is 12.6. The number of amides is 1. The molecular weight excluding hydrogens is 348 g/mol. The SMILES string of the molecule is CO[C@@H]1O[C@H]([C@@H](O)[C@H]2C(=O)N[C@H](CO)[C@@H](O)CN2C)[C@H]2OC(C)(C)O[C@@H]12. The lowest BCUT2D eigenvalue weighted by Gasteiger charge is -2.33. The standard InChI is InChI=1S/C16H28N2O8/c1-16(2)25-12-11(24-15(23-4)13(12)26-16)10(21)9-14(22)17-7(6-19)8(20)5-18(9)3/h7-13,15,19-21H,5-6H2,1-4H3,(H,17,22)/t7-,8+,9+,10+,11-,12-,13-,15-/m1/s1. The van der Waals surface area contributed by atoms with E-state index < -0.39 is 67.2 Å². The Bertz CT molecular complexity index is 532. The molecule has 1 amide bonds. The van der Waals surface area contributed by atoms with Gasteiger partial charge < -0.3 is 39.6 Å². The van der Waals surface area contributed by atoms with Crippen molar-refractivity contribution < 1.29 is 39.1 Å². The Balaban J connectivity index is 1.81. The van der Waals surface area contributed by atoms with Crippen LogP contribution in [-0.4, -0.2) is 108 Å². The molecule has 0 unspecified atom stereocenters. The van der Waals surface area contributed by atoms with Gasteiger partial charge in [0.15, 0.2) is 12.1 Å². The van der Waals surface area contributed by atoms with Crippen LogP contribution in [0.1, 0.15) is 13.8 Å². The predicted octanol–water partition coefficient (Wildman–Crippen LogP) is -2.61. The Hall–Kier alpha value is -0.850. The second kappa shape index (κ2) is 7.28. The van der Waals surface area contributed by atoms with Gasteiger partial charge in [0.25, 0.3) is 0 Å². The van der Waals surface area contributed by atoms with E-state index in [1.807, 2.05) is 0 Å². The molecule has 3 saturated heterocycles. The molecule has 3 aliphatic rings. The number of aliphatic hydroxyl groups is 3. The summed E-state index contributed by atoms with van der Waals surface area (Å²) < 4.78 is 22.7. The van der Waals surface area contributed by atoms with Crippen molar-refractivity contribution in [1.82, 2.24) is 10.2 Å². The Kier molecular flexibility index (Phi) is 5.58. The molecule has 26 heavy (non-hydrogen) atoms. The lowest BCUT2D eigenvalue weighted by Crippen LogP contribution is -2.57. The summed E-state index contributed by atoms with van der Waals surface area (Å²) in [5.41, 5.74) is 0. The molecule has 10 nitrogen and oxygen atoms in total. The fraction of sp³-hybridized carbons (Fsp3) is 0.938. The first-order valence-electron chi connectivity index (χ1n) is 8.70. The van der Waals surface area contributed by atoms with Crippen molar-refractivity contribution in [3.05, 3.63) is 0 Å². The number of nitrogens with zero attached hydrogens (tertiary/aromatic N) is 1. The second-order valence-electron chi connectivity index (χ2n) is 7.51. The van der Waals surface area contributed by atoms with Crippen LogP contribution in [-0.2, 0) is 23.7 Å². The molecule has 3 fully saturated rings. The zero-order chi connectivity index (χ0) is 19.2. The summed E-state index contributed by atoms with van der Waals surface area (Å²) in [6.07, 6.45) is -4.92. The Morgan fingerprint density at radius 2 is 2.04 bits per heavy atom. The van der Waals surface area contributed by atoms with Crippen LogP contribution in [0, 0.1) is 0 Å². The molecule has 10 heteroatoms. The van der Waals surface area contributed by atoms with Crippen molar-refractivity contribution in [3.63, 3.8) is 0 Å². The number of hydrogen-bond acceptors (Lipinski definition) is 9. The normalized spacial score (nSPS) is 44.4. The summed E-state index contributed by atoms with van der Waals surface area (Å²) in [4.78, 5) is 14.2. The molecule has 0 aromatic rings. The fourth-order valence-electron chi connectivity index (χ4n) is 3.92. The third-order valence-electron chi connectivity index (χ3n) is 5.15. The molecule has 3 aliphatic heterocycles. The number of hydrogen-bond donors (Lipinski definition) is 4. The number of carbonyl (C=O) groups is 1. The van der Waals surface area contributed by atoms with Gasteiger partial charge in [0.05, 0.1) is 18.8 Å². The van der Waals surface area contributed by atoms with Gasteiger partial charge in [0.1, 0.15) is 30.5 Å². The number of carbonyl (C=O) groups excluding carboxylic acids is 1. The monoisotopic (exact) mass is 376 g/mol. The first kappa shape index (κ1) is 19.9. The summed E-state index contributed by atoms with van der Waals surface area (Å²) in [5, 5.41) is 33.0. The molecule has 0 aliphatic carbocycles. The van der Waals surface area contributed by atoms with Crippen molar-refractivity contribution in [2.45, 2.75) is 68.5 Å². The first-order chi connectivity index (χ1) is 12.2. The highest BCUT2D eigenvalue weighted by Crippen LogP contribution is 2.40. The summed E-state index contributed by atoms with van der Waals surface area (Å²) >= 11 is 0. The van der Waals surface area contributed by atoms with Gasteiger partial charge in [-0.2, -0.15) is 0 Å². The van der Waals surface area contributed by atoms with Crippen LogP contribution in [0.5, 0.6) is 0 Å². The Labute approximate surface area is 152 Å². The highest BCUT2D eigenvalue weighted by molar-refractivity contribution is 5.83. The van der Waals surface area contributed by atoms with Crippen LogP contribution in [0.15, 0.2) is 0 Å². The number of methoxy groups -OCH3 is 1. The summed E-state index contributed by atoms with van der Waals surface area (Å²) in [5.74, 6) is -1.36. The lowest BCUT2D eigenvalue weighted by molar-refractivity contribution is -0.239. The largest absolute Gasteiger partial charge is 0.394 e. The average Bonchev–Trinajstić information content (AvgIpc) is 3.00. The number of fused-ring (bicyclic) bond motifs is 1. The van der Waals surface area contributed by atoms with Gasteiger partial charge in [-0.15, -0.1) is 0 Å². The summed E-state index contributed by atoms with van der Waals surface area (Å²) in [7, 11) is 3.09. The van der Waals surface area contributed by atoms with Crippen molar-refractivity contribution in [2.24, 2.45) is 0 Å². The minimum absolute atomic E-state index is 0.100. The topological polar surface area (TPSA) is 130 Å². The van der Waals surface area contributed by atoms with Crippen LogP contribution >= 0.6 is 0 Å². The zero-order valence-electron chi connectivity index (χ0n) is 15.4. The predicted molar refractivity (Wildman–Crippen MR) is 86.9 cm³/mol. The number of aliphatic hydroxyl groups excluding tert-OH is 3. The van der Waals surface area contributed by atoms with Crippen LogP contribution in [0.25, 0.3) is 0 Å². The van der Waals surface area contributed by atoms with E-state index in [2.05, 4.69) is 5.32 Å². The Morgan fingerprint density at radius 3 is 2.65 bits per heavy atom. The van der Waals surface area contributed by atoms with Gasteiger partial charge in [0.2, 0.25) is 5.91 Å². The first-order valence-corrected chi connectivity index (χ1v) is 8.70. The van der Waals surface area contributed by atoms with Gasteiger partial charge in [-0.1, -0.05) is 0 Å². The van der Waals surface area contributed by atoms with Crippen LogP contribution < -0.4 is 5.32 Å². The molecule has 3 rings (SSSR count). The molecule has 0 spiro atoms. The quantitative estimate of drug-likeness (QED) is 0.417.